The van der Waals surface area contributed by atoms with E-state index in [9.17, 15) is 9.18 Å². The van der Waals surface area contributed by atoms with Gasteiger partial charge in [-0.25, -0.2) is 14.2 Å². The van der Waals surface area contributed by atoms with Gasteiger partial charge in [-0.2, -0.15) is 0 Å². The van der Waals surface area contributed by atoms with Gasteiger partial charge in [-0.3, -0.25) is 0 Å². The van der Waals surface area contributed by atoms with Crippen LogP contribution < -0.4 is 10.2 Å². The minimum Gasteiger partial charge on any atom is -0.351 e. The van der Waals surface area contributed by atoms with Crippen molar-refractivity contribution >= 4 is 45.7 Å². The Hall–Kier alpha value is -3.32. The topological polar surface area (TPSA) is 52.9 Å². The molecule has 1 saturated heterocycles. The van der Waals surface area contributed by atoms with Gasteiger partial charge in [-0.05, 0) is 48.9 Å². The van der Waals surface area contributed by atoms with Gasteiger partial charge in [0.15, 0.2) is 5.82 Å². The van der Waals surface area contributed by atoms with E-state index in [-0.39, 0.29) is 11.8 Å². The van der Waals surface area contributed by atoms with Crippen LogP contribution in [0.25, 0.3) is 16.6 Å². The molecule has 0 atom stereocenters. The van der Waals surface area contributed by atoms with E-state index >= 15 is 0 Å². The Bertz CT molecular complexity index is 1300. The van der Waals surface area contributed by atoms with Gasteiger partial charge in [0.1, 0.15) is 5.82 Å². The molecule has 8 heteroatoms. The molecular weight excluding hydrogens is 417 g/mol. The highest BCUT2D eigenvalue weighted by Gasteiger charge is 2.24. The molecule has 2 aromatic heterocycles. The van der Waals surface area contributed by atoms with Crippen molar-refractivity contribution in [2.45, 2.75) is 6.92 Å². The molecule has 0 bridgehead atoms. The molecule has 31 heavy (non-hydrogen) atoms. The largest absolute Gasteiger partial charge is 0.351 e. The summed E-state index contributed by atoms with van der Waals surface area (Å²) in [5, 5.41) is 3.54. The van der Waals surface area contributed by atoms with E-state index in [0.717, 1.165) is 22.4 Å². The van der Waals surface area contributed by atoms with Crippen LogP contribution in [0.2, 0.25) is 5.02 Å². The summed E-state index contributed by atoms with van der Waals surface area (Å²) >= 11 is 6.16. The Morgan fingerprint density at radius 3 is 2.65 bits per heavy atom. The molecule has 0 saturated carbocycles. The number of aromatic nitrogens is 2. The molecule has 1 N–H and O–H groups in total. The van der Waals surface area contributed by atoms with Gasteiger partial charge >= 0.3 is 6.03 Å². The molecule has 6 nitrogen and oxygen atoms in total. The summed E-state index contributed by atoms with van der Waals surface area (Å²) in [7, 11) is 0. The second-order valence-electron chi connectivity index (χ2n) is 7.70. The van der Waals surface area contributed by atoms with Gasteiger partial charge in [0.05, 0.1) is 16.6 Å². The normalized spacial score (nSPS) is 14.4. The van der Waals surface area contributed by atoms with Crippen molar-refractivity contribution in [3.8, 4) is 0 Å². The highest BCUT2D eigenvalue weighted by atomic mass is 35.5. The zero-order chi connectivity index (χ0) is 21.5. The molecular formula is C23H21ClFN5O. The Morgan fingerprint density at radius 2 is 1.87 bits per heavy atom. The zero-order valence-electron chi connectivity index (χ0n) is 17.0. The number of urea groups is 1. The lowest BCUT2D eigenvalue weighted by atomic mass is 10.2. The number of nitrogens with one attached hydrogen (secondary N) is 1. The van der Waals surface area contributed by atoms with Crippen molar-refractivity contribution in [1.29, 1.82) is 0 Å². The fraction of sp³-hybridized carbons (Fsp3) is 0.217. The number of halogens is 2. The first-order valence-corrected chi connectivity index (χ1v) is 10.5. The summed E-state index contributed by atoms with van der Waals surface area (Å²) in [4.78, 5) is 21.4. The van der Waals surface area contributed by atoms with Crippen molar-refractivity contribution in [1.82, 2.24) is 14.3 Å². The summed E-state index contributed by atoms with van der Waals surface area (Å²) in [6, 6.07) is 13.9. The number of anilines is 2. The number of rotatable bonds is 2. The van der Waals surface area contributed by atoms with E-state index in [2.05, 4.69) is 10.2 Å². The molecule has 5 rings (SSSR count). The van der Waals surface area contributed by atoms with Crippen LogP contribution in [0.4, 0.5) is 20.7 Å². The van der Waals surface area contributed by atoms with Crippen molar-refractivity contribution in [2.24, 2.45) is 0 Å². The van der Waals surface area contributed by atoms with Gasteiger partial charge < -0.3 is 19.5 Å². The third kappa shape index (κ3) is 3.65. The number of amides is 2. The van der Waals surface area contributed by atoms with Crippen molar-refractivity contribution in [2.75, 3.05) is 36.4 Å². The summed E-state index contributed by atoms with van der Waals surface area (Å²) in [5.41, 5.74) is 4.07. The predicted molar refractivity (Wildman–Crippen MR) is 122 cm³/mol. The molecule has 1 aliphatic rings. The van der Waals surface area contributed by atoms with Crippen molar-refractivity contribution in [3.63, 3.8) is 0 Å². The number of benzene rings is 2. The molecule has 0 aliphatic carbocycles. The van der Waals surface area contributed by atoms with Crippen LogP contribution in [0.1, 0.15) is 5.56 Å². The maximum absolute atomic E-state index is 13.8. The number of carbonyl (C=O) groups excluding carboxylic acids is 1. The van der Waals surface area contributed by atoms with E-state index in [1.54, 1.807) is 17.0 Å². The Labute approximate surface area is 183 Å². The highest BCUT2D eigenvalue weighted by Crippen LogP contribution is 2.27. The third-order valence-electron chi connectivity index (χ3n) is 5.69. The number of hydrogen-bond acceptors (Lipinski definition) is 3. The maximum Gasteiger partial charge on any atom is 0.321 e. The minimum absolute atomic E-state index is 0.152. The molecule has 1 fully saturated rings. The first-order chi connectivity index (χ1) is 15.0. The quantitative estimate of drug-likeness (QED) is 0.483. The molecule has 0 spiro atoms. The Morgan fingerprint density at radius 1 is 1.06 bits per heavy atom. The Balaban J connectivity index is 1.34. The van der Waals surface area contributed by atoms with Crippen LogP contribution in [0.5, 0.6) is 0 Å². The van der Waals surface area contributed by atoms with Gasteiger partial charge in [0.25, 0.3) is 0 Å². The van der Waals surface area contributed by atoms with E-state index < -0.39 is 0 Å². The number of piperazine rings is 1. The third-order valence-corrected chi connectivity index (χ3v) is 6.10. The average molecular weight is 438 g/mol. The SMILES string of the molecule is Cc1ccc(NC(=O)N2CCN(c3nc4cc(F)ccc4n4cccc34)CC2)cc1Cl. The molecule has 0 unspecified atom stereocenters. The molecule has 2 amide bonds. The fourth-order valence-corrected chi connectivity index (χ4v) is 4.14. The van der Waals surface area contributed by atoms with Crippen LogP contribution in [-0.2, 0) is 0 Å². The summed E-state index contributed by atoms with van der Waals surface area (Å²) < 4.78 is 15.8. The number of carbonyl (C=O) groups is 1. The zero-order valence-corrected chi connectivity index (χ0v) is 17.7. The summed E-state index contributed by atoms with van der Waals surface area (Å²) in [6.07, 6.45) is 1.96. The molecule has 4 aromatic rings. The second-order valence-corrected chi connectivity index (χ2v) is 8.11. The van der Waals surface area contributed by atoms with E-state index in [1.165, 1.54) is 12.1 Å². The molecule has 158 valence electrons. The van der Waals surface area contributed by atoms with Crippen LogP contribution in [0.3, 0.4) is 0 Å². The van der Waals surface area contributed by atoms with Crippen molar-refractivity contribution in [3.05, 3.63) is 71.1 Å². The van der Waals surface area contributed by atoms with Crippen LogP contribution in [0, 0.1) is 12.7 Å². The lowest BCUT2D eigenvalue weighted by Gasteiger charge is -2.35. The minimum atomic E-state index is -0.310. The maximum atomic E-state index is 13.8. The number of fused-ring (bicyclic) bond motifs is 3. The first kappa shape index (κ1) is 19.6. The van der Waals surface area contributed by atoms with Gasteiger partial charge in [-0.15, -0.1) is 0 Å². The smallest absolute Gasteiger partial charge is 0.321 e. The van der Waals surface area contributed by atoms with E-state index in [4.69, 9.17) is 16.6 Å². The number of hydrogen-bond donors (Lipinski definition) is 1. The van der Waals surface area contributed by atoms with Crippen LogP contribution >= 0.6 is 11.6 Å². The van der Waals surface area contributed by atoms with Gasteiger partial charge in [0.2, 0.25) is 0 Å². The molecule has 1 aliphatic heterocycles. The Kier molecular flexibility index (Phi) is 4.90. The second kappa shape index (κ2) is 7.74. The average Bonchev–Trinajstić information content (AvgIpc) is 3.26. The number of aryl methyl sites for hydroxylation is 1. The van der Waals surface area contributed by atoms with Crippen LogP contribution in [0.15, 0.2) is 54.7 Å². The van der Waals surface area contributed by atoms with E-state index in [0.29, 0.717) is 42.4 Å². The summed E-state index contributed by atoms with van der Waals surface area (Å²) in [6.45, 7) is 4.31. The monoisotopic (exact) mass is 437 g/mol. The van der Waals surface area contributed by atoms with E-state index in [1.807, 2.05) is 41.8 Å². The highest BCUT2D eigenvalue weighted by molar-refractivity contribution is 6.31. The molecule has 3 heterocycles. The number of nitrogens with zero attached hydrogens (tertiary/aromatic N) is 4. The molecule has 0 radical (unpaired) electrons. The molecule has 2 aromatic carbocycles. The predicted octanol–water partition coefficient (Wildman–Crippen LogP) is 4.94. The lowest BCUT2D eigenvalue weighted by Crippen LogP contribution is -2.50. The van der Waals surface area contributed by atoms with Crippen LogP contribution in [-0.4, -0.2) is 46.5 Å². The fourth-order valence-electron chi connectivity index (χ4n) is 3.96. The lowest BCUT2D eigenvalue weighted by molar-refractivity contribution is 0.208. The first-order valence-electron chi connectivity index (χ1n) is 10.1. The standard InChI is InChI=1S/C23H21ClFN5O/c1-15-4-6-17(14-18(15)24)26-23(31)29-11-9-28(10-12-29)22-21-3-2-8-30(21)20-7-5-16(25)13-19(20)27-22/h2-8,13-14H,9-12H2,1H3,(H,26,31). The van der Waals surface area contributed by atoms with Crippen molar-refractivity contribution < 1.29 is 9.18 Å². The summed E-state index contributed by atoms with van der Waals surface area (Å²) in [5.74, 6) is 0.489. The van der Waals surface area contributed by atoms with Gasteiger partial charge in [0, 0.05) is 49.2 Å². The van der Waals surface area contributed by atoms with Gasteiger partial charge in [-0.1, -0.05) is 17.7 Å².